The van der Waals surface area contributed by atoms with Crippen molar-refractivity contribution < 1.29 is 24.6 Å². The van der Waals surface area contributed by atoms with Crippen LogP contribution in [0, 0.1) is 5.92 Å². The van der Waals surface area contributed by atoms with Crippen LogP contribution in [0.3, 0.4) is 0 Å². The zero-order chi connectivity index (χ0) is 26.5. The van der Waals surface area contributed by atoms with Crippen molar-refractivity contribution in [1.29, 1.82) is 0 Å². The summed E-state index contributed by atoms with van der Waals surface area (Å²) in [6.07, 6.45) is 7.65. The number of nitrogens with zero attached hydrogens (tertiary/aromatic N) is 2. The van der Waals surface area contributed by atoms with Crippen molar-refractivity contribution in [2.75, 3.05) is 24.3 Å². The van der Waals surface area contributed by atoms with Crippen LogP contribution in [0.1, 0.15) is 75.4 Å². The van der Waals surface area contributed by atoms with Crippen LogP contribution in [0.25, 0.3) is 11.4 Å². The van der Waals surface area contributed by atoms with Gasteiger partial charge in [0, 0.05) is 36.7 Å². The summed E-state index contributed by atoms with van der Waals surface area (Å²) >= 11 is 0. The maximum absolute atomic E-state index is 13.4. The fourth-order valence-corrected chi connectivity index (χ4v) is 4.79. The zero-order valence-electron chi connectivity index (χ0n) is 21.1. The molecule has 1 aliphatic carbocycles. The van der Waals surface area contributed by atoms with Gasteiger partial charge in [0.05, 0.1) is 11.1 Å². The van der Waals surface area contributed by atoms with E-state index in [0.717, 1.165) is 35.9 Å². The molecule has 1 heterocycles. The van der Waals surface area contributed by atoms with E-state index in [4.69, 9.17) is 0 Å². The minimum atomic E-state index is -1.28. The van der Waals surface area contributed by atoms with Gasteiger partial charge in [-0.3, -0.25) is 4.79 Å². The molecule has 1 fully saturated rings. The van der Waals surface area contributed by atoms with Crippen molar-refractivity contribution in [3.8, 4) is 11.4 Å². The molecule has 4 rings (SSSR count). The smallest absolute Gasteiger partial charge is 0.335 e. The monoisotopic (exact) mass is 504 g/mol. The quantitative estimate of drug-likeness (QED) is 0.306. The van der Waals surface area contributed by atoms with E-state index in [1.165, 1.54) is 37.8 Å². The highest BCUT2D eigenvalue weighted by molar-refractivity contribution is 6.05. The maximum atomic E-state index is 13.4. The standard InChI is InChI=1S/C28H32N4O5/c1-32(2)22-11-9-18(10-12-22)25-30-23(13-17-7-5-3-4-6-8-17)24(31-25)26(33)29-21-15-19(27(34)35)14-20(16-21)28(36)37/h9-12,14-17H,3-8,13H2,1-2H3,(H,29,33)(H,30,31)(H,34,35)(H,36,37). The van der Waals surface area contributed by atoms with Crippen LogP contribution in [0.15, 0.2) is 42.5 Å². The molecule has 1 amide bonds. The Morgan fingerprint density at radius 3 is 2.08 bits per heavy atom. The van der Waals surface area contributed by atoms with Gasteiger partial charge in [-0.05, 0) is 54.8 Å². The third-order valence-electron chi connectivity index (χ3n) is 6.80. The molecule has 3 aromatic rings. The summed E-state index contributed by atoms with van der Waals surface area (Å²) in [4.78, 5) is 46.4. The molecule has 9 heteroatoms. The van der Waals surface area contributed by atoms with Crippen LogP contribution < -0.4 is 10.2 Å². The van der Waals surface area contributed by atoms with Crippen LogP contribution in [-0.4, -0.2) is 52.1 Å². The molecule has 0 bridgehead atoms. The number of aromatic carboxylic acids is 2. The largest absolute Gasteiger partial charge is 0.478 e. The Kier molecular flexibility index (Phi) is 7.91. The van der Waals surface area contributed by atoms with Gasteiger partial charge in [-0.1, -0.05) is 38.5 Å². The molecule has 194 valence electrons. The Morgan fingerprint density at radius 1 is 0.946 bits per heavy atom. The number of rotatable bonds is 8. The first kappa shape index (κ1) is 25.9. The van der Waals surface area contributed by atoms with Gasteiger partial charge in [0.15, 0.2) is 0 Å². The second kappa shape index (κ2) is 11.3. The van der Waals surface area contributed by atoms with Gasteiger partial charge < -0.3 is 25.4 Å². The van der Waals surface area contributed by atoms with Crippen molar-refractivity contribution in [2.45, 2.75) is 44.9 Å². The fourth-order valence-electron chi connectivity index (χ4n) is 4.79. The summed E-state index contributed by atoms with van der Waals surface area (Å²) in [5.41, 5.74) is 2.47. The van der Waals surface area contributed by atoms with Crippen LogP contribution in [-0.2, 0) is 6.42 Å². The Labute approximate surface area is 215 Å². The first-order valence-corrected chi connectivity index (χ1v) is 12.5. The topological polar surface area (TPSA) is 136 Å². The molecule has 0 atom stereocenters. The number of imidazole rings is 1. The van der Waals surface area contributed by atoms with Crippen LogP contribution in [0.5, 0.6) is 0 Å². The van der Waals surface area contributed by atoms with E-state index in [9.17, 15) is 24.6 Å². The molecule has 1 saturated carbocycles. The SMILES string of the molecule is CN(C)c1ccc(-c2nc(C(=O)Nc3cc(C(=O)O)cc(C(=O)O)c3)c(CC3CCCCCC3)[nH]2)cc1. The van der Waals surface area contributed by atoms with Gasteiger partial charge in [0.25, 0.3) is 5.91 Å². The highest BCUT2D eigenvalue weighted by atomic mass is 16.4. The van der Waals surface area contributed by atoms with Gasteiger partial charge in [-0.15, -0.1) is 0 Å². The molecule has 4 N–H and O–H groups in total. The third kappa shape index (κ3) is 6.35. The lowest BCUT2D eigenvalue weighted by Gasteiger charge is -2.14. The zero-order valence-corrected chi connectivity index (χ0v) is 21.1. The van der Waals surface area contributed by atoms with Crippen molar-refractivity contribution in [1.82, 2.24) is 9.97 Å². The summed E-state index contributed by atoms with van der Waals surface area (Å²) in [6.45, 7) is 0. The summed E-state index contributed by atoms with van der Waals surface area (Å²) in [7, 11) is 3.93. The molecule has 2 aromatic carbocycles. The first-order chi connectivity index (χ1) is 17.7. The van der Waals surface area contributed by atoms with E-state index < -0.39 is 17.8 Å². The number of carboxylic acids is 2. The summed E-state index contributed by atoms with van der Waals surface area (Å²) in [6, 6.07) is 11.4. The predicted molar refractivity (Wildman–Crippen MR) is 142 cm³/mol. The summed E-state index contributed by atoms with van der Waals surface area (Å²) < 4.78 is 0. The summed E-state index contributed by atoms with van der Waals surface area (Å²) in [5, 5.41) is 21.4. The number of aromatic amines is 1. The van der Waals surface area contributed by atoms with Crippen molar-refractivity contribution in [3.63, 3.8) is 0 Å². The Balaban J connectivity index is 1.67. The average molecular weight is 505 g/mol. The minimum absolute atomic E-state index is 0.0857. The van der Waals surface area contributed by atoms with Crippen molar-refractivity contribution in [3.05, 3.63) is 65.0 Å². The van der Waals surface area contributed by atoms with E-state index in [-0.39, 0.29) is 22.5 Å². The van der Waals surface area contributed by atoms with Crippen molar-refractivity contribution in [2.24, 2.45) is 5.92 Å². The van der Waals surface area contributed by atoms with E-state index in [0.29, 0.717) is 18.2 Å². The number of nitrogens with one attached hydrogen (secondary N) is 2. The third-order valence-corrected chi connectivity index (χ3v) is 6.80. The second-order valence-electron chi connectivity index (χ2n) is 9.78. The molecule has 0 spiro atoms. The molecular formula is C28H32N4O5. The van der Waals surface area contributed by atoms with E-state index in [2.05, 4.69) is 15.3 Å². The Hall–Kier alpha value is -4.14. The lowest BCUT2D eigenvalue weighted by atomic mass is 9.94. The highest BCUT2D eigenvalue weighted by Crippen LogP contribution is 2.29. The fraction of sp³-hybridized carbons (Fsp3) is 0.357. The van der Waals surface area contributed by atoms with Crippen molar-refractivity contribution >= 4 is 29.2 Å². The van der Waals surface area contributed by atoms with Gasteiger partial charge in [0.2, 0.25) is 0 Å². The molecule has 1 aromatic heterocycles. The normalized spacial score (nSPS) is 14.1. The highest BCUT2D eigenvalue weighted by Gasteiger charge is 2.23. The number of hydrogen-bond donors (Lipinski definition) is 4. The Bertz CT molecular complexity index is 1260. The van der Waals surface area contributed by atoms with Crippen LogP contribution >= 0.6 is 0 Å². The van der Waals surface area contributed by atoms with E-state index in [1.54, 1.807) is 0 Å². The van der Waals surface area contributed by atoms with Crippen LogP contribution in [0.2, 0.25) is 0 Å². The number of carboxylic acid groups (broad SMARTS) is 2. The van der Waals surface area contributed by atoms with Gasteiger partial charge in [-0.25, -0.2) is 14.6 Å². The maximum Gasteiger partial charge on any atom is 0.335 e. The lowest BCUT2D eigenvalue weighted by molar-refractivity contribution is 0.0696. The molecule has 0 radical (unpaired) electrons. The van der Waals surface area contributed by atoms with E-state index in [1.807, 2.05) is 43.3 Å². The van der Waals surface area contributed by atoms with Gasteiger partial charge in [0.1, 0.15) is 11.5 Å². The second-order valence-corrected chi connectivity index (χ2v) is 9.78. The molecule has 0 saturated heterocycles. The number of H-pyrrole nitrogens is 1. The minimum Gasteiger partial charge on any atom is -0.478 e. The number of benzene rings is 2. The summed E-state index contributed by atoms with van der Waals surface area (Å²) in [5.74, 6) is -2.07. The molecule has 0 unspecified atom stereocenters. The number of carbonyl (C=O) groups excluding carboxylic acids is 1. The number of hydrogen-bond acceptors (Lipinski definition) is 5. The lowest BCUT2D eigenvalue weighted by Crippen LogP contribution is -2.17. The van der Waals surface area contributed by atoms with Gasteiger partial charge >= 0.3 is 11.9 Å². The number of amides is 1. The molecule has 1 aliphatic rings. The molecular weight excluding hydrogens is 472 g/mol. The predicted octanol–water partition coefficient (Wildman–Crippen LogP) is 5.30. The number of carbonyl (C=O) groups is 3. The first-order valence-electron chi connectivity index (χ1n) is 12.5. The average Bonchev–Trinajstić information content (AvgIpc) is 3.12. The molecule has 9 nitrogen and oxygen atoms in total. The number of anilines is 2. The number of aromatic nitrogens is 2. The Morgan fingerprint density at radius 2 is 1.54 bits per heavy atom. The van der Waals surface area contributed by atoms with Crippen LogP contribution in [0.4, 0.5) is 11.4 Å². The van der Waals surface area contributed by atoms with E-state index >= 15 is 0 Å². The molecule has 0 aliphatic heterocycles. The molecule has 37 heavy (non-hydrogen) atoms. The van der Waals surface area contributed by atoms with Gasteiger partial charge in [-0.2, -0.15) is 0 Å².